The van der Waals surface area contributed by atoms with Crippen molar-refractivity contribution in [1.82, 2.24) is 20.3 Å². The van der Waals surface area contributed by atoms with Gasteiger partial charge in [0.05, 0.1) is 17.5 Å². The van der Waals surface area contributed by atoms with Crippen molar-refractivity contribution in [2.45, 2.75) is 25.9 Å². The molecule has 0 aliphatic carbocycles. The Balaban J connectivity index is 1.71. The number of para-hydroxylation sites is 1. The third kappa shape index (κ3) is 2.95. The first-order chi connectivity index (χ1) is 10.3. The van der Waals surface area contributed by atoms with E-state index in [4.69, 9.17) is 4.74 Å². The molecule has 21 heavy (non-hydrogen) atoms. The molecule has 110 valence electrons. The quantitative estimate of drug-likeness (QED) is 0.924. The van der Waals surface area contributed by atoms with Crippen molar-refractivity contribution in [1.29, 1.82) is 0 Å². The van der Waals surface area contributed by atoms with Gasteiger partial charge in [-0.1, -0.05) is 23.4 Å². The van der Waals surface area contributed by atoms with Gasteiger partial charge >= 0.3 is 0 Å². The second-order valence-corrected chi connectivity index (χ2v) is 5.12. The molecule has 1 unspecified atom stereocenters. The summed E-state index contributed by atoms with van der Waals surface area (Å²) in [5.74, 6) is -0.204. The van der Waals surface area contributed by atoms with E-state index in [9.17, 15) is 4.79 Å². The molecule has 2 aromatic rings. The second-order valence-electron chi connectivity index (χ2n) is 5.12. The van der Waals surface area contributed by atoms with Gasteiger partial charge in [0.2, 0.25) is 0 Å². The molecule has 1 amide bonds. The number of ether oxygens (including phenoxy) is 1. The Hall–Kier alpha value is -2.21. The summed E-state index contributed by atoms with van der Waals surface area (Å²) < 4.78 is 7.16. The number of rotatable bonds is 4. The van der Waals surface area contributed by atoms with Gasteiger partial charge in [0.15, 0.2) is 5.69 Å². The van der Waals surface area contributed by atoms with Crippen LogP contribution in [0, 0.1) is 6.92 Å². The van der Waals surface area contributed by atoms with E-state index in [1.54, 1.807) is 4.68 Å². The van der Waals surface area contributed by atoms with Gasteiger partial charge in [-0.25, -0.2) is 4.68 Å². The second kappa shape index (κ2) is 6.05. The molecule has 1 aromatic heterocycles. The van der Waals surface area contributed by atoms with Gasteiger partial charge in [-0.15, -0.1) is 5.10 Å². The first kappa shape index (κ1) is 13.8. The molecule has 6 nitrogen and oxygen atoms in total. The standard InChI is InChI=1S/C15H18N4O2/c1-11-14(15(20)16-10-13-8-5-9-21-13)17-18-19(11)12-6-3-2-4-7-12/h2-4,6-7,13H,5,8-10H2,1H3,(H,16,20). The average molecular weight is 286 g/mol. The number of hydrogen-bond acceptors (Lipinski definition) is 4. The van der Waals surface area contributed by atoms with Gasteiger partial charge in [-0.2, -0.15) is 0 Å². The molecule has 1 saturated heterocycles. The van der Waals surface area contributed by atoms with Crippen LogP contribution in [0.2, 0.25) is 0 Å². The molecule has 1 aliphatic rings. The lowest BCUT2D eigenvalue weighted by atomic mass is 10.2. The van der Waals surface area contributed by atoms with Crippen LogP contribution >= 0.6 is 0 Å². The molecule has 6 heteroatoms. The van der Waals surface area contributed by atoms with Crippen LogP contribution in [0.1, 0.15) is 29.0 Å². The topological polar surface area (TPSA) is 69.0 Å². The fourth-order valence-electron chi connectivity index (χ4n) is 2.45. The Kier molecular flexibility index (Phi) is 3.96. The smallest absolute Gasteiger partial charge is 0.273 e. The summed E-state index contributed by atoms with van der Waals surface area (Å²) in [5, 5.41) is 10.9. The highest BCUT2D eigenvalue weighted by molar-refractivity contribution is 5.93. The van der Waals surface area contributed by atoms with Crippen LogP contribution in [0.25, 0.3) is 5.69 Å². The lowest BCUT2D eigenvalue weighted by Crippen LogP contribution is -2.32. The number of benzene rings is 1. The van der Waals surface area contributed by atoms with Crippen molar-refractivity contribution >= 4 is 5.91 Å². The minimum absolute atomic E-state index is 0.124. The van der Waals surface area contributed by atoms with E-state index in [1.165, 1.54) is 0 Å². The van der Waals surface area contributed by atoms with Crippen LogP contribution in [0.5, 0.6) is 0 Å². The molecule has 0 spiro atoms. The summed E-state index contributed by atoms with van der Waals surface area (Å²) in [7, 11) is 0. The van der Waals surface area contributed by atoms with E-state index in [-0.39, 0.29) is 12.0 Å². The highest BCUT2D eigenvalue weighted by atomic mass is 16.5. The molecule has 3 rings (SSSR count). The first-order valence-electron chi connectivity index (χ1n) is 7.13. The average Bonchev–Trinajstić information content (AvgIpc) is 3.15. The SMILES string of the molecule is Cc1c(C(=O)NCC2CCCO2)nnn1-c1ccccc1. The number of carbonyl (C=O) groups is 1. The lowest BCUT2D eigenvalue weighted by molar-refractivity contribution is 0.0853. The molecular formula is C15H18N4O2. The molecule has 1 aliphatic heterocycles. The van der Waals surface area contributed by atoms with Gasteiger partial charge in [-0.3, -0.25) is 4.79 Å². The van der Waals surface area contributed by atoms with Crippen LogP contribution in [-0.2, 0) is 4.74 Å². The molecule has 0 bridgehead atoms. The third-order valence-electron chi connectivity index (χ3n) is 3.62. The molecule has 1 aromatic carbocycles. The van der Waals surface area contributed by atoms with Crippen LogP contribution in [-0.4, -0.2) is 40.2 Å². The maximum Gasteiger partial charge on any atom is 0.273 e. The molecule has 1 N–H and O–H groups in total. The number of nitrogens with one attached hydrogen (secondary N) is 1. The van der Waals surface area contributed by atoms with E-state index in [0.29, 0.717) is 12.2 Å². The van der Waals surface area contributed by atoms with Crippen LogP contribution in [0.4, 0.5) is 0 Å². The zero-order valence-corrected chi connectivity index (χ0v) is 12.0. The number of carbonyl (C=O) groups excluding carboxylic acids is 1. The van der Waals surface area contributed by atoms with Crippen molar-refractivity contribution < 1.29 is 9.53 Å². The highest BCUT2D eigenvalue weighted by Gasteiger charge is 2.20. The van der Waals surface area contributed by atoms with Crippen molar-refractivity contribution in [2.24, 2.45) is 0 Å². The fourth-order valence-corrected chi connectivity index (χ4v) is 2.45. The van der Waals surface area contributed by atoms with Gasteiger partial charge in [0.1, 0.15) is 0 Å². The molecule has 0 saturated carbocycles. The fraction of sp³-hybridized carbons (Fsp3) is 0.400. The van der Waals surface area contributed by atoms with Gasteiger partial charge in [0.25, 0.3) is 5.91 Å². The van der Waals surface area contributed by atoms with E-state index >= 15 is 0 Å². The third-order valence-corrected chi connectivity index (χ3v) is 3.62. The van der Waals surface area contributed by atoms with E-state index in [0.717, 1.165) is 30.8 Å². The summed E-state index contributed by atoms with van der Waals surface area (Å²) >= 11 is 0. The lowest BCUT2D eigenvalue weighted by Gasteiger charge is -2.10. The summed E-state index contributed by atoms with van der Waals surface area (Å²) in [6.45, 7) is 3.15. The molecule has 0 radical (unpaired) electrons. The molecular weight excluding hydrogens is 268 g/mol. The number of hydrogen-bond donors (Lipinski definition) is 1. The number of aromatic nitrogens is 3. The Labute approximate surface area is 123 Å². The van der Waals surface area contributed by atoms with Crippen LogP contribution in [0.15, 0.2) is 30.3 Å². The van der Waals surface area contributed by atoms with Crippen molar-refractivity contribution in [2.75, 3.05) is 13.2 Å². The van der Waals surface area contributed by atoms with Gasteiger partial charge in [-0.05, 0) is 31.9 Å². The summed E-state index contributed by atoms with van der Waals surface area (Å²) in [6, 6.07) is 9.64. The Morgan fingerprint density at radius 3 is 2.95 bits per heavy atom. The summed E-state index contributed by atoms with van der Waals surface area (Å²) in [4.78, 5) is 12.2. The predicted octanol–water partition coefficient (Wildman–Crippen LogP) is 1.48. The highest BCUT2D eigenvalue weighted by Crippen LogP contribution is 2.13. The van der Waals surface area contributed by atoms with Crippen LogP contribution < -0.4 is 5.32 Å². The Morgan fingerprint density at radius 2 is 2.24 bits per heavy atom. The minimum Gasteiger partial charge on any atom is -0.376 e. The summed E-state index contributed by atoms with van der Waals surface area (Å²) in [5.41, 5.74) is 1.98. The monoisotopic (exact) mass is 286 g/mol. The Bertz CT molecular complexity index is 618. The van der Waals surface area contributed by atoms with Crippen LogP contribution in [0.3, 0.4) is 0 Å². The number of amides is 1. The van der Waals surface area contributed by atoms with Gasteiger partial charge < -0.3 is 10.1 Å². The zero-order valence-electron chi connectivity index (χ0n) is 12.0. The maximum absolute atomic E-state index is 12.2. The first-order valence-corrected chi connectivity index (χ1v) is 7.13. The molecule has 1 atom stereocenters. The van der Waals surface area contributed by atoms with Gasteiger partial charge in [0, 0.05) is 13.2 Å². The van der Waals surface area contributed by atoms with Crippen molar-refractivity contribution in [3.05, 3.63) is 41.7 Å². The van der Waals surface area contributed by atoms with Crippen molar-refractivity contribution in [3.8, 4) is 5.69 Å². The Morgan fingerprint density at radius 1 is 1.43 bits per heavy atom. The van der Waals surface area contributed by atoms with E-state index in [1.807, 2.05) is 37.3 Å². The van der Waals surface area contributed by atoms with Crippen molar-refractivity contribution in [3.63, 3.8) is 0 Å². The number of nitrogens with zero attached hydrogens (tertiary/aromatic N) is 3. The predicted molar refractivity (Wildman–Crippen MR) is 77.4 cm³/mol. The van der Waals surface area contributed by atoms with E-state index < -0.39 is 0 Å². The minimum atomic E-state index is -0.204. The molecule has 2 heterocycles. The molecule has 1 fully saturated rings. The largest absolute Gasteiger partial charge is 0.376 e. The summed E-state index contributed by atoms with van der Waals surface area (Å²) in [6.07, 6.45) is 2.18. The normalized spacial score (nSPS) is 17.9. The maximum atomic E-state index is 12.2. The zero-order chi connectivity index (χ0) is 14.7. The van der Waals surface area contributed by atoms with E-state index in [2.05, 4.69) is 15.6 Å².